The van der Waals surface area contributed by atoms with E-state index in [1.807, 2.05) is 12.1 Å². The molecule has 0 saturated carbocycles. The van der Waals surface area contributed by atoms with E-state index in [0.717, 1.165) is 17.5 Å². The first-order chi connectivity index (χ1) is 26.6. The summed E-state index contributed by atoms with van der Waals surface area (Å²) in [7, 11) is 0. The topological polar surface area (TPSA) is 45.2 Å². The van der Waals surface area contributed by atoms with Gasteiger partial charge in [-0.15, -0.1) is 0 Å². The lowest BCUT2D eigenvalue weighted by atomic mass is 9.71. The number of hydrogen-bond donors (Lipinski definition) is 0. The average Bonchev–Trinajstić information content (AvgIpc) is 3.81. The van der Waals surface area contributed by atoms with Crippen molar-refractivity contribution in [3.63, 3.8) is 0 Å². The summed E-state index contributed by atoms with van der Waals surface area (Å²) in [6.07, 6.45) is 0.912. The molecule has 7 aromatic rings. The van der Waals surface area contributed by atoms with Crippen LogP contribution in [0, 0.1) is 5.92 Å². The van der Waals surface area contributed by atoms with Crippen LogP contribution in [0.2, 0.25) is 0 Å². The number of para-hydroxylation sites is 2. The fourth-order valence-corrected chi connectivity index (χ4v) is 10.2. The van der Waals surface area contributed by atoms with Crippen molar-refractivity contribution >= 4 is 22.9 Å². The molecule has 0 spiro atoms. The van der Waals surface area contributed by atoms with Crippen LogP contribution in [0.15, 0.2) is 169 Å². The first-order valence-corrected chi connectivity index (χ1v) is 19.1. The minimum absolute atomic E-state index is 0.00196. The van der Waals surface area contributed by atoms with Gasteiger partial charge in [0.1, 0.15) is 0 Å². The SMILES string of the molecule is CC1(C)c2ccccc2C2C1C1=C(Cc3ccccc31)C1C(c3ccccc3N1c1ccccc1)N2c1nc(-c2ccccc2)nc(-c2ccccc2)n1. The molecule has 6 aromatic carbocycles. The van der Waals surface area contributed by atoms with Crippen molar-refractivity contribution in [1.29, 1.82) is 0 Å². The molecule has 5 heteroatoms. The molecule has 4 atom stereocenters. The zero-order valence-corrected chi connectivity index (χ0v) is 30.3. The quantitative estimate of drug-likeness (QED) is 0.183. The van der Waals surface area contributed by atoms with Crippen molar-refractivity contribution in [2.24, 2.45) is 5.92 Å². The molecule has 0 saturated heterocycles. The number of nitrogens with zero attached hydrogens (tertiary/aromatic N) is 5. The van der Waals surface area contributed by atoms with Gasteiger partial charge in [-0.05, 0) is 63.4 Å². The Morgan fingerprint density at radius 3 is 1.81 bits per heavy atom. The number of benzene rings is 6. The van der Waals surface area contributed by atoms with E-state index in [1.165, 1.54) is 50.3 Å². The molecule has 11 rings (SSSR count). The molecule has 2 aliphatic heterocycles. The van der Waals surface area contributed by atoms with Crippen molar-refractivity contribution in [2.45, 2.75) is 43.8 Å². The Morgan fingerprint density at radius 1 is 0.537 bits per heavy atom. The summed E-state index contributed by atoms with van der Waals surface area (Å²) in [5.41, 5.74) is 14.0. The Balaban J connectivity index is 1.26. The highest BCUT2D eigenvalue weighted by Gasteiger charge is 2.60. The molecule has 5 nitrogen and oxygen atoms in total. The Bertz CT molecular complexity index is 2540. The molecule has 0 bridgehead atoms. The molecular weight excluding hydrogens is 659 g/mol. The summed E-state index contributed by atoms with van der Waals surface area (Å²) in [6, 6.07) is 58.9. The zero-order valence-electron chi connectivity index (χ0n) is 30.3. The van der Waals surface area contributed by atoms with Gasteiger partial charge in [0, 0.05) is 34.0 Å². The number of rotatable bonds is 4. The van der Waals surface area contributed by atoms with Crippen LogP contribution in [0.1, 0.15) is 53.7 Å². The number of anilines is 3. The van der Waals surface area contributed by atoms with Gasteiger partial charge < -0.3 is 9.80 Å². The molecule has 0 radical (unpaired) electrons. The molecule has 260 valence electrons. The van der Waals surface area contributed by atoms with Crippen LogP contribution in [0.3, 0.4) is 0 Å². The second-order valence-electron chi connectivity index (χ2n) is 15.6. The van der Waals surface area contributed by atoms with E-state index in [1.54, 1.807) is 0 Å². The predicted molar refractivity (Wildman–Crippen MR) is 217 cm³/mol. The van der Waals surface area contributed by atoms with Gasteiger partial charge in [0.05, 0.1) is 18.1 Å². The third-order valence-corrected chi connectivity index (χ3v) is 12.4. The third-order valence-electron chi connectivity index (χ3n) is 12.4. The molecule has 0 fully saturated rings. The molecule has 4 aliphatic rings. The molecule has 0 amide bonds. The first-order valence-electron chi connectivity index (χ1n) is 19.1. The summed E-state index contributed by atoms with van der Waals surface area (Å²) in [4.78, 5) is 21.4. The van der Waals surface area contributed by atoms with Crippen molar-refractivity contribution in [3.8, 4) is 22.8 Å². The van der Waals surface area contributed by atoms with E-state index in [9.17, 15) is 0 Å². The van der Waals surface area contributed by atoms with Crippen LogP contribution in [0.4, 0.5) is 17.3 Å². The Morgan fingerprint density at radius 2 is 1.11 bits per heavy atom. The first kappa shape index (κ1) is 31.2. The molecular formula is C49H39N5. The van der Waals surface area contributed by atoms with E-state index in [2.05, 4.69) is 175 Å². The van der Waals surface area contributed by atoms with Crippen molar-refractivity contribution < 1.29 is 0 Å². The maximum absolute atomic E-state index is 5.51. The minimum atomic E-state index is -0.176. The Kier molecular flexibility index (Phi) is 6.85. The highest BCUT2D eigenvalue weighted by atomic mass is 15.4. The smallest absolute Gasteiger partial charge is 0.230 e. The number of hydrogen-bond acceptors (Lipinski definition) is 5. The normalized spacial score (nSPS) is 21.4. The van der Waals surface area contributed by atoms with Gasteiger partial charge in [-0.1, -0.05) is 159 Å². The Labute approximate surface area is 316 Å². The summed E-state index contributed by atoms with van der Waals surface area (Å²) < 4.78 is 0. The van der Waals surface area contributed by atoms with Crippen LogP contribution in [-0.2, 0) is 11.8 Å². The van der Waals surface area contributed by atoms with Crippen molar-refractivity contribution in [2.75, 3.05) is 9.80 Å². The van der Waals surface area contributed by atoms with Crippen molar-refractivity contribution in [1.82, 2.24) is 15.0 Å². The van der Waals surface area contributed by atoms with Crippen LogP contribution in [0.5, 0.6) is 0 Å². The lowest BCUT2D eigenvalue weighted by Crippen LogP contribution is -2.43. The summed E-state index contributed by atoms with van der Waals surface area (Å²) in [5.74, 6) is 2.21. The maximum Gasteiger partial charge on any atom is 0.230 e. The summed E-state index contributed by atoms with van der Waals surface area (Å²) in [6.45, 7) is 4.92. The second-order valence-corrected chi connectivity index (χ2v) is 15.6. The van der Waals surface area contributed by atoms with Gasteiger partial charge in [-0.25, -0.2) is 4.98 Å². The monoisotopic (exact) mass is 697 g/mol. The van der Waals surface area contributed by atoms with Gasteiger partial charge in [-0.3, -0.25) is 0 Å². The average molecular weight is 698 g/mol. The number of fused-ring (bicyclic) bond motifs is 10. The van der Waals surface area contributed by atoms with E-state index in [0.29, 0.717) is 17.6 Å². The summed E-state index contributed by atoms with van der Waals surface area (Å²) in [5, 5.41) is 0. The molecule has 4 unspecified atom stereocenters. The highest BCUT2D eigenvalue weighted by molar-refractivity contribution is 5.88. The van der Waals surface area contributed by atoms with Gasteiger partial charge in [0.2, 0.25) is 5.95 Å². The summed E-state index contributed by atoms with van der Waals surface area (Å²) >= 11 is 0. The van der Waals surface area contributed by atoms with Gasteiger partial charge in [-0.2, -0.15) is 9.97 Å². The van der Waals surface area contributed by atoms with Gasteiger partial charge >= 0.3 is 0 Å². The van der Waals surface area contributed by atoms with Crippen LogP contribution >= 0.6 is 0 Å². The lowest BCUT2D eigenvalue weighted by molar-refractivity contribution is 0.358. The second kappa shape index (κ2) is 11.8. The van der Waals surface area contributed by atoms with E-state index in [4.69, 9.17) is 15.0 Å². The van der Waals surface area contributed by atoms with Crippen molar-refractivity contribution in [3.05, 3.63) is 197 Å². The fraction of sp³-hybridized carbons (Fsp3) is 0.163. The molecule has 3 heterocycles. The Hall–Kier alpha value is -6.33. The van der Waals surface area contributed by atoms with Crippen LogP contribution < -0.4 is 9.80 Å². The minimum Gasteiger partial charge on any atom is -0.331 e. The molecule has 0 N–H and O–H groups in total. The largest absolute Gasteiger partial charge is 0.331 e. The number of aromatic nitrogens is 3. The lowest BCUT2D eigenvalue weighted by Gasteiger charge is -2.41. The molecule has 2 aliphatic carbocycles. The van der Waals surface area contributed by atoms with Crippen LogP contribution in [0.25, 0.3) is 28.3 Å². The fourth-order valence-electron chi connectivity index (χ4n) is 10.2. The van der Waals surface area contributed by atoms with E-state index >= 15 is 0 Å². The highest BCUT2D eigenvalue weighted by Crippen LogP contribution is 2.66. The van der Waals surface area contributed by atoms with E-state index in [-0.39, 0.29) is 29.5 Å². The van der Waals surface area contributed by atoms with Gasteiger partial charge in [0.15, 0.2) is 11.6 Å². The maximum atomic E-state index is 5.51. The van der Waals surface area contributed by atoms with Crippen LogP contribution in [-0.4, -0.2) is 21.0 Å². The third kappa shape index (κ3) is 4.48. The van der Waals surface area contributed by atoms with E-state index < -0.39 is 0 Å². The predicted octanol–water partition coefficient (Wildman–Crippen LogP) is 10.9. The standard InChI is InChI=1S/C49H39N5/c1-49(2)39-28-16-14-26-36(39)43-42(49)41-35-25-13-12-22-33(35)30-38(41)45-44(37-27-15-17-29-40(37)53(45)34-23-10-5-11-24-34)54(43)48-51-46(31-18-6-3-7-19-31)50-47(52-48)32-20-8-4-9-21-32/h3-29,42-45H,30H2,1-2H3. The van der Waals surface area contributed by atoms with Gasteiger partial charge in [0.25, 0.3) is 0 Å². The molecule has 54 heavy (non-hydrogen) atoms. The zero-order chi connectivity index (χ0) is 36.0. The molecule has 1 aromatic heterocycles.